The fraction of sp³-hybridized carbons (Fsp3) is 0.931. The first-order valence-electron chi connectivity index (χ1n) is 14.8. The molecule has 0 radical (unpaired) electrons. The maximum atomic E-state index is 12.6. The Kier molecular flexibility index (Phi) is 12.3. The molecule has 3 fully saturated rings. The van der Waals surface area contributed by atoms with Crippen molar-refractivity contribution in [3.05, 3.63) is 0 Å². The first kappa shape index (κ1) is 29.7. The van der Waals surface area contributed by atoms with E-state index in [-0.39, 0.29) is 60.5 Å². The molecule has 2 saturated carbocycles. The van der Waals surface area contributed by atoms with E-state index in [0.717, 1.165) is 64.3 Å². The van der Waals surface area contributed by atoms with Crippen LogP contribution >= 0.6 is 0 Å². The van der Waals surface area contributed by atoms with E-state index in [1.807, 2.05) is 0 Å². The molecule has 7 heteroatoms. The number of piperidine rings is 1. The lowest BCUT2D eigenvalue weighted by atomic mass is 9.55. The third-order valence-electron chi connectivity index (χ3n) is 9.70. The summed E-state index contributed by atoms with van der Waals surface area (Å²) in [6.07, 6.45) is 11.2. The maximum absolute atomic E-state index is 12.6. The van der Waals surface area contributed by atoms with Gasteiger partial charge in [-0.05, 0) is 68.1 Å². The minimum Gasteiger partial charge on any atom is -0.396 e. The molecule has 36 heavy (non-hydrogen) atoms. The molecule has 9 unspecified atom stereocenters. The van der Waals surface area contributed by atoms with Gasteiger partial charge < -0.3 is 20.3 Å². The Hall–Kier alpha value is -0.860. The number of hydrogen-bond acceptors (Lipinski definition) is 6. The Bertz CT molecular complexity index is 689. The Morgan fingerprint density at radius 1 is 0.972 bits per heavy atom. The zero-order valence-electron chi connectivity index (χ0n) is 22.8. The molecule has 9 atom stereocenters. The molecule has 0 aromatic rings. The standard InChI is InChI=1S/C29H52N2O5/c1-3-4-5-6-7-8-21(33)17-22(34)11-9-19-15-25(28(35)26(16-19)36-2)27-20(18-32)10-12-24-23(27)13-14-31-29(24)30/h19-20,23-29,31-32,35H,3-18,30H2,1-2H3/p+1. The topological polar surface area (TPSA) is 126 Å². The molecule has 0 bridgehead atoms. The highest BCUT2D eigenvalue weighted by molar-refractivity contribution is 5.98. The second-order valence-electron chi connectivity index (χ2n) is 12.0. The van der Waals surface area contributed by atoms with Crippen molar-refractivity contribution in [2.45, 2.75) is 115 Å². The summed E-state index contributed by atoms with van der Waals surface area (Å²) >= 11 is 0. The van der Waals surface area contributed by atoms with Crippen molar-refractivity contribution in [3.8, 4) is 0 Å². The van der Waals surface area contributed by atoms with Gasteiger partial charge in [0.05, 0.1) is 25.2 Å². The van der Waals surface area contributed by atoms with Gasteiger partial charge in [0.1, 0.15) is 17.7 Å². The molecule has 1 heterocycles. The van der Waals surface area contributed by atoms with E-state index in [1.54, 1.807) is 7.11 Å². The number of unbranched alkanes of at least 4 members (excludes halogenated alkanes) is 4. The summed E-state index contributed by atoms with van der Waals surface area (Å²) < 4.78 is 5.74. The van der Waals surface area contributed by atoms with E-state index < -0.39 is 6.10 Å². The lowest BCUT2D eigenvalue weighted by Gasteiger charge is -2.52. The molecule has 0 aromatic heterocycles. The van der Waals surface area contributed by atoms with Crippen LogP contribution in [-0.2, 0) is 14.3 Å². The zero-order valence-corrected chi connectivity index (χ0v) is 22.8. The van der Waals surface area contributed by atoms with Crippen LogP contribution in [0.3, 0.4) is 0 Å². The highest BCUT2D eigenvalue weighted by Gasteiger charge is 2.51. The third kappa shape index (κ3) is 7.83. The van der Waals surface area contributed by atoms with Crippen LogP contribution in [0.15, 0.2) is 0 Å². The highest BCUT2D eigenvalue weighted by Crippen LogP contribution is 2.50. The number of aliphatic hydroxyl groups is 2. The first-order valence-corrected chi connectivity index (χ1v) is 14.8. The molecule has 3 rings (SSSR count). The lowest BCUT2D eigenvalue weighted by molar-refractivity contribution is -0.709. The van der Waals surface area contributed by atoms with Crippen LogP contribution in [0.2, 0.25) is 0 Å². The minimum atomic E-state index is -0.559. The Morgan fingerprint density at radius 3 is 2.44 bits per heavy atom. The van der Waals surface area contributed by atoms with E-state index in [9.17, 15) is 19.8 Å². The molecule has 1 aliphatic heterocycles. The highest BCUT2D eigenvalue weighted by atomic mass is 16.5. The zero-order chi connectivity index (χ0) is 26.1. The van der Waals surface area contributed by atoms with Gasteiger partial charge in [0.25, 0.3) is 0 Å². The van der Waals surface area contributed by atoms with E-state index >= 15 is 0 Å². The fourth-order valence-electron chi connectivity index (χ4n) is 7.78. The molecule has 208 valence electrons. The molecule has 6 N–H and O–H groups in total. The Balaban J connectivity index is 1.57. The van der Waals surface area contributed by atoms with Gasteiger partial charge in [0.15, 0.2) is 0 Å². The average molecular weight is 510 g/mol. The number of ketones is 2. The smallest absolute Gasteiger partial charge is 0.140 e. The van der Waals surface area contributed by atoms with Crippen LogP contribution in [0, 0.1) is 35.5 Å². The summed E-state index contributed by atoms with van der Waals surface area (Å²) in [6.45, 7) is 3.32. The van der Waals surface area contributed by atoms with Gasteiger partial charge >= 0.3 is 0 Å². The molecular formula is C29H53N2O5+. The van der Waals surface area contributed by atoms with Gasteiger partial charge in [-0.15, -0.1) is 0 Å². The number of fused-ring (bicyclic) bond motifs is 1. The quantitative estimate of drug-likeness (QED) is 0.211. The van der Waals surface area contributed by atoms with Crippen molar-refractivity contribution in [3.63, 3.8) is 0 Å². The summed E-state index contributed by atoms with van der Waals surface area (Å²) in [7, 11) is 1.66. The van der Waals surface area contributed by atoms with Crippen molar-refractivity contribution < 1.29 is 29.9 Å². The fourth-order valence-corrected chi connectivity index (χ4v) is 7.78. The second kappa shape index (κ2) is 14.9. The monoisotopic (exact) mass is 509 g/mol. The van der Waals surface area contributed by atoms with Crippen LogP contribution in [-0.4, -0.2) is 60.4 Å². The molecular weight excluding hydrogens is 456 g/mol. The summed E-state index contributed by atoms with van der Waals surface area (Å²) in [6, 6.07) is 0. The number of rotatable bonds is 14. The van der Waals surface area contributed by atoms with Gasteiger partial charge in [0.2, 0.25) is 0 Å². The number of carbonyl (C=O) groups excluding carboxylic acids is 2. The summed E-state index contributed by atoms with van der Waals surface area (Å²) in [5.74, 6) is 1.71. The van der Waals surface area contributed by atoms with Crippen LogP contribution in [0.5, 0.6) is 0 Å². The minimum absolute atomic E-state index is 0.0452. The van der Waals surface area contributed by atoms with E-state index in [1.165, 1.54) is 12.8 Å². The second-order valence-corrected chi connectivity index (χ2v) is 12.0. The Labute approximate surface area is 218 Å². The van der Waals surface area contributed by atoms with Crippen LogP contribution in [0.4, 0.5) is 0 Å². The number of methoxy groups -OCH3 is 1. The predicted octanol–water partition coefficient (Wildman–Crippen LogP) is 2.56. The van der Waals surface area contributed by atoms with Crippen LogP contribution in [0.25, 0.3) is 0 Å². The number of carbonyl (C=O) groups is 2. The number of Topliss-reactive ketones (excluding diaryl/α,β-unsaturated/α-hetero) is 2. The normalized spacial score (nSPS) is 36.9. The van der Waals surface area contributed by atoms with E-state index in [2.05, 4.69) is 12.2 Å². The van der Waals surface area contributed by atoms with Gasteiger partial charge in [-0.1, -0.05) is 32.6 Å². The summed E-state index contributed by atoms with van der Waals surface area (Å²) in [5, 5.41) is 23.8. The van der Waals surface area contributed by atoms with E-state index in [0.29, 0.717) is 24.7 Å². The van der Waals surface area contributed by atoms with Crippen molar-refractivity contribution in [1.29, 1.82) is 0 Å². The molecule has 1 saturated heterocycles. The van der Waals surface area contributed by atoms with Gasteiger partial charge in [-0.3, -0.25) is 15.3 Å². The van der Waals surface area contributed by atoms with Gasteiger partial charge in [0, 0.05) is 38.9 Å². The number of quaternary nitrogens is 1. The van der Waals surface area contributed by atoms with E-state index in [4.69, 9.17) is 10.5 Å². The van der Waals surface area contributed by atoms with Crippen LogP contribution in [0.1, 0.15) is 96.8 Å². The number of nitrogens with two attached hydrogens (primary N) is 2. The molecule has 0 spiro atoms. The summed E-state index contributed by atoms with van der Waals surface area (Å²) in [5.41, 5.74) is 6.49. The van der Waals surface area contributed by atoms with Crippen molar-refractivity contribution in [2.75, 3.05) is 20.3 Å². The average Bonchev–Trinajstić information content (AvgIpc) is 2.87. The molecule has 7 nitrogen and oxygen atoms in total. The van der Waals surface area contributed by atoms with Crippen molar-refractivity contribution in [2.24, 2.45) is 41.2 Å². The molecule has 3 aliphatic rings. The SMILES string of the molecule is CCCCCCCC(=O)CC(=O)CCC1CC(OC)C(O)C(C2C(CO)CCC3C(N)[NH2+]CCC32)C1. The van der Waals surface area contributed by atoms with Crippen molar-refractivity contribution in [1.82, 2.24) is 0 Å². The third-order valence-corrected chi connectivity index (χ3v) is 9.70. The number of hydrogen-bond donors (Lipinski definition) is 4. The largest absolute Gasteiger partial charge is 0.396 e. The molecule has 2 aliphatic carbocycles. The predicted molar refractivity (Wildman–Crippen MR) is 140 cm³/mol. The molecule has 0 amide bonds. The molecule has 0 aromatic carbocycles. The lowest BCUT2D eigenvalue weighted by Crippen LogP contribution is -2.97. The van der Waals surface area contributed by atoms with Gasteiger partial charge in [-0.25, -0.2) is 0 Å². The maximum Gasteiger partial charge on any atom is 0.140 e. The Morgan fingerprint density at radius 2 is 1.72 bits per heavy atom. The van der Waals surface area contributed by atoms with Crippen molar-refractivity contribution >= 4 is 11.6 Å². The number of aliphatic hydroxyl groups excluding tert-OH is 2. The number of ether oxygens (including phenoxy) is 1. The van der Waals surface area contributed by atoms with Crippen LogP contribution < -0.4 is 11.1 Å². The summed E-state index contributed by atoms with van der Waals surface area (Å²) in [4.78, 5) is 24.9. The first-order chi connectivity index (χ1) is 17.4. The van der Waals surface area contributed by atoms with Gasteiger partial charge in [-0.2, -0.15) is 0 Å².